The SMILES string of the molecule is CC(=O)OC[C@H]1O[C@H](Oc2ccc([NH+]([O-])O)cc2)[C@H](OC(C)=O)[C@@H](OC(C)=O)[C@@H]1OC(C)=O. The molecule has 0 spiro atoms. The molecule has 1 saturated heterocycles. The number of nitrogens with one attached hydrogen (secondary N) is 1. The van der Waals surface area contributed by atoms with E-state index in [-0.39, 0.29) is 11.4 Å². The molecule has 182 valence electrons. The third-order valence-corrected chi connectivity index (χ3v) is 4.30. The zero-order chi connectivity index (χ0) is 24.7. The van der Waals surface area contributed by atoms with Crippen LogP contribution in [-0.4, -0.2) is 66.4 Å². The van der Waals surface area contributed by atoms with Crippen LogP contribution >= 0.6 is 0 Å². The second-order valence-electron chi connectivity index (χ2n) is 7.02. The molecule has 1 aliphatic rings. The lowest BCUT2D eigenvalue weighted by Gasteiger charge is -2.43. The molecule has 0 aromatic heterocycles. The lowest BCUT2D eigenvalue weighted by Crippen LogP contribution is -2.99. The number of quaternary nitrogens is 1. The molecular weight excluding hydrogens is 446 g/mol. The van der Waals surface area contributed by atoms with Gasteiger partial charge in [-0.05, 0) is 12.1 Å². The van der Waals surface area contributed by atoms with Crippen LogP contribution in [0.25, 0.3) is 0 Å². The van der Waals surface area contributed by atoms with Crippen molar-refractivity contribution in [3.8, 4) is 5.75 Å². The Morgan fingerprint density at radius 1 is 0.879 bits per heavy atom. The molecule has 13 nitrogen and oxygen atoms in total. The average molecular weight is 471 g/mol. The van der Waals surface area contributed by atoms with Gasteiger partial charge in [-0.15, -0.1) is 0 Å². The molecule has 1 aromatic carbocycles. The summed E-state index contributed by atoms with van der Waals surface area (Å²) in [4.78, 5) is 46.6. The van der Waals surface area contributed by atoms with Crippen molar-refractivity contribution in [3.05, 3.63) is 29.5 Å². The average Bonchev–Trinajstić information content (AvgIpc) is 2.70. The van der Waals surface area contributed by atoms with Gasteiger partial charge in [0.1, 0.15) is 18.5 Å². The quantitative estimate of drug-likeness (QED) is 0.285. The number of hydrogen-bond donors (Lipinski definition) is 2. The molecule has 0 saturated carbocycles. The number of hydrogen-bond acceptors (Lipinski definition) is 12. The first kappa shape index (κ1) is 26.0. The molecule has 0 aliphatic carbocycles. The van der Waals surface area contributed by atoms with Gasteiger partial charge in [-0.3, -0.25) is 19.2 Å². The Balaban J connectivity index is 2.42. The second kappa shape index (κ2) is 11.6. The molecule has 6 atom stereocenters. The lowest BCUT2D eigenvalue weighted by molar-refractivity contribution is -0.991. The van der Waals surface area contributed by atoms with E-state index in [1.165, 1.54) is 24.3 Å². The Morgan fingerprint density at radius 3 is 1.88 bits per heavy atom. The molecule has 1 aliphatic heterocycles. The topological polar surface area (TPSA) is 171 Å². The van der Waals surface area contributed by atoms with E-state index in [9.17, 15) is 24.4 Å². The summed E-state index contributed by atoms with van der Waals surface area (Å²) in [6.45, 7) is 4.09. The summed E-state index contributed by atoms with van der Waals surface area (Å²) in [6.07, 6.45) is -6.61. The van der Waals surface area contributed by atoms with Crippen LogP contribution in [-0.2, 0) is 42.9 Å². The van der Waals surface area contributed by atoms with Crippen LogP contribution in [0.5, 0.6) is 5.75 Å². The monoisotopic (exact) mass is 471 g/mol. The van der Waals surface area contributed by atoms with Crippen LogP contribution in [0.4, 0.5) is 5.69 Å². The van der Waals surface area contributed by atoms with Crippen LogP contribution in [0.3, 0.4) is 0 Å². The molecule has 33 heavy (non-hydrogen) atoms. The Morgan fingerprint density at radius 2 is 1.39 bits per heavy atom. The normalized spacial score (nSPS) is 25.3. The summed E-state index contributed by atoms with van der Waals surface area (Å²) < 4.78 is 32.4. The van der Waals surface area contributed by atoms with Gasteiger partial charge in [0, 0.05) is 39.8 Å². The number of carbonyl (C=O) groups excluding carboxylic acids is 4. The molecule has 2 N–H and O–H groups in total. The van der Waals surface area contributed by atoms with Gasteiger partial charge in [-0.25, -0.2) is 5.21 Å². The first-order valence-corrected chi connectivity index (χ1v) is 9.78. The largest absolute Gasteiger partial charge is 0.595 e. The number of carbonyl (C=O) groups is 4. The van der Waals surface area contributed by atoms with Gasteiger partial charge >= 0.3 is 23.9 Å². The highest BCUT2D eigenvalue weighted by molar-refractivity contribution is 5.68. The van der Waals surface area contributed by atoms with E-state index in [1.807, 2.05) is 0 Å². The van der Waals surface area contributed by atoms with Crippen LogP contribution < -0.4 is 9.96 Å². The lowest BCUT2D eigenvalue weighted by atomic mass is 9.98. The van der Waals surface area contributed by atoms with Gasteiger partial charge in [0.05, 0.1) is 0 Å². The van der Waals surface area contributed by atoms with E-state index < -0.39 is 66.4 Å². The molecule has 13 heteroatoms. The van der Waals surface area contributed by atoms with Crippen molar-refractivity contribution in [2.75, 3.05) is 6.61 Å². The van der Waals surface area contributed by atoms with E-state index >= 15 is 0 Å². The number of esters is 4. The summed E-state index contributed by atoms with van der Waals surface area (Å²) in [5.41, 5.74) is 0.00361. The van der Waals surface area contributed by atoms with E-state index in [0.717, 1.165) is 27.7 Å². The van der Waals surface area contributed by atoms with Crippen molar-refractivity contribution in [2.45, 2.75) is 58.4 Å². The molecule has 0 radical (unpaired) electrons. The third-order valence-electron chi connectivity index (χ3n) is 4.30. The summed E-state index contributed by atoms with van der Waals surface area (Å²) >= 11 is 0. The van der Waals surface area contributed by atoms with Crippen LogP contribution in [0.2, 0.25) is 0 Å². The third kappa shape index (κ3) is 7.68. The second-order valence-corrected chi connectivity index (χ2v) is 7.02. The fourth-order valence-electron chi connectivity index (χ4n) is 3.09. The molecule has 2 rings (SSSR count). The molecular formula is C20H25NO12. The van der Waals surface area contributed by atoms with Crippen molar-refractivity contribution >= 4 is 29.6 Å². The van der Waals surface area contributed by atoms with Crippen LogP contribution in [0.1, 0.15) is 27.7 Å². The zero-order valence-corrected chi connectivity index (χ0v) is 18.3. The summed E-state index contributed by atoms with van der Waals surface area (Å²) in [5.74, 6) is -2.80. The molecule has 1 aromatic rings. The van der Waals surface area contributed by atoms with E-state index in [2.05, 4.69) is 0 Å². The smallest absolute Gasteiger partial charge is 0.303 e. The van der Waals surface area contributed by atoms with Gasteiger partial charge < -0.3 is 33.6 Å². The fourth-order valence-corrected chi connectivity index (χ4v) is 3.09. The van der Waals surface area contributed by atoms with Crippen molar-refractivity contribution in [3.63, 3.8) is 0 Å². The van der Waals surface area contributed by atoms with E-state index in [1.54, 1.807) is 0 Å². The van der Waals surface area contributed by atoms with Gasteiger partial charge in [0.2, 0.25) is 12.4 Å². The predicted molar refractivity (Wildman–Crippen MR) is 105 cm³/mol. The Labute approximate surface area is 188 Å². The maximum Gasteiger partial charge on any atom is 0.303 e. The Kier molecular flexibility index (Phi) is 9.11. The molecule has 1 unspecified atom stereocenters. The first-order valence-electron chi connectivity index (χ1n) is 9.78. The summed E-state index contributed by atoms with van der Waals surface area (Å²) in [6, 6.07) is 5.25. The highest BCUT2D eigenvalue weighted by Gasteiger charge is 2.53. The van der Waals surface area contributed by atoms with Crippen molar-refractivity contribution in [1.82, 2.24) is 0 Å². The zero-order valence-electron chi connectivity index (χ0n) is 18.3. The van der Waals surface area contributed by atoms with Gasteiger partial charge in [0.25, 0.3) is 0 Å². The van der Waals surface area contributed by atoms with Crippen molar-refractivity contribution < 1.29 is 58.0 Å². The van der Waals surface area contributed by atoms with Crippen molar-refractivity contribution in [1.29, 1.82) is 0 Å². The highest BCUT2D eigenvalue weighted by Crippen LogP contribution is 2.31. The Hall–Kier alpha value is -3.26. The minimum absolute atomic E-state index is 0.00361. The molecule has 1 fully saturated rings. The molecule has 0 bridgehead atoms. The minimum Gasteiger partial charge on any atom is -0.595 e. The predicted octanol–water partition coefficient (Wildman–Crippen LogP) is -0.448. The van der Waals surface area contributed by atoms with Gasteiger partial charge in [-0.2, -0.15) is 5.23 Å². The minimum atomic E-state index is -1.40. The fraction of sp³-hybridized carbons (Fsp3) is 0.500. The standard InChI is InChI=1S/C20H25NO12/c1-10(22)28-9-16-17(29-11(2)23)18(30-12(3)24)19(31-13(4)25)20(33-16)32-15-7-5-14(6-8-15)21(26)27/h5-8,16-21,26H,9H2,1-4H3/t16-,17-,18+,19-,20+/m1/s1. The maximum atomic E-state index is 11.8. The highest BCUT2D eigenvalue weighted by atomic mass is 16.8. The number of rotatable bonds is 8. The first-order chi connectivity index (χ1) is 15.5. The van der Waals surface area contributed by atoms with E-state index in [4.69, 9.17) is 33.6 Å². The summed E-state index contributed by atoms with van der Waals surface area (Å²) in [5, 5.41) is 19.0. The molecule has 0 amide bonds. The van der Waals surface area contributed by atoms with Gasteiger partial charge in [-0.1, -0.05) is 0 Å². The molecule has 1 heterocycles. The number of benzene rings is 1. The number of ether oxygens (including phenoxy) is 6. The maximum absolute atomic E-state index is 11.8. The van der Waals surface area contributed by atoms with E-state index in [0.29, 0.717) is 0 Å². The van der Waals surface area contributed by atoms with Crippen LogP contribution in [0, 0.1) is 5.21 Å². The summed E-state index contributed by atoms with van der Waals surface area (Å²) in [7, 11) is 0. The Bertz CT molecular complexity index is 855. The van der Waals surface area contributed by atoms with Crippen molar-refractivity contribution in [2.24, 2.45) is 0 Å². The van der Waals surface area contributed by atoms with Gasteiger partial charge in [0.15, 0.2) is 17.9 Å². The van der Waals surface area contributed by atoms with Crippen LogP contribution in [0.15, 0.2) is 24.3 Å².